The van der Waals surface area contributed by atoms with Crippen LogP contribution in [0.3, 0.4) is 0 Å². The molecule has 6 heteroatoms. The van der Waals surface area contributed by atoms with Gasteiger partial charge in [0.2, 0.25) is 0 Å². The normalized spacial score (nSPS) is 10.4. The van der Waals surface area contributed by atoms with E-state index in [4.69, 9.17) is 16.0 Å². The highest BCUT2D eigenvalue weighted by Gasteiger charge is 2.01. The largest absolute Gasteiger partial charge is 0.448 e. The first-order valence-electron chi connectivity index (χ1n) is 4.08. The molecule has 0 aliphatic heterocycles. The Bertz CT molecular complexity index is 382. The number of anilines is 1. The maximum absolute atomic E-state index is 5.62. The summed E-state index contributed by atoms with van der Waals surface area (Å²) in [4.78, 5) is 0. The molecule has 5 nitrogen and oxygen atoms in total. The molecule has 0 fully saturated rings. The van der Waals surface area contributed by atoms with Gasteiger partial charge in [-0.3, -0.25) is 4.68 Å². The van der Waals surface area contributed by atoms with Gasteiger partial charge < -0.3 is 9.73 Å². The lowest BCUT2D eigenvalue weighted by Gasteiger charge is -1.97. The van der Waals surface area contributed by atoms with Crippen molar-refractivity contribution < 1.29 is 4.42 Å². The van der Waals surface area contributed by atoms with Gasteiger partial charge in [0.1, 0.15) is 5.76 Å². The van der Waals surface area contributed by atoms with Gasteiger partial charge in [0.15, 0.2) is 11.0 Å². The SMILES string of the molecule is Cn1cc(NCc2ccc(Cl)o2)nn1. The van der Waals surface area contributed by atoms with Crippen LogP contribution in [0.25, 0.3) is 0 Å². The van der Waals surface area contributed by atoms with Crippen molar-refractivity contribution in [2.75, 3.05) is 5.32 Å². The van der Waals surface area contributed by atoms with Crippen LogP contribution in [0.5, 0.6) is 0 Å². The summed E-state index contributed by atoms with van der Waals surface area (Å²) in [6.45, 7) is 0.547. The van der Waals surface area contributed by atoms with Gasteiger partial charge in [0.25, 0.3) is 0 Å². The van der Waals surface area contributed by atoms with Crippen LogP contribution in [0.1, 0.15) is 5.76 Å². The van der Waals surface area contributed by atoms with Crippen LogP contribution < -0.4 is 5.32 Å². The highest BCUT2D eigenvalue weighted by atomic mass is 35.5. The van der Waals surface area contributed by atoms with Gasteiger partial charge in [-0.2, -0.15) is 0 Å². The summed E-state index contributed by atoms with van der Waals surface area (Å²) in [6, 6.07) is 3.51. The molecule has 0 aromatic carbocycles. The molecule has 0 bridgehead atoms. The molecule has 0 aliphatic carbocycles. The third-order valence-electron chi connectivity index (χ3n) is 1.68. The predicted octanol–water partition coefficient (Wildman–Crippen LogP) is 1.67. The Hall–Kier alpha value is -1.49. The smallest absolute Gasteiger partial charge is 0.193 e. The van der Waals surface area contributed by atoms with Gasteiger partial charge in [-0.15, -0.1) is 5.10 Å². The van der Waals surface area contributed by atoms with Gasteiger partial charge in [-0.25, -0.2) is 0 Å². The summed E-state index contributed by atoms with van der Waals surface area (Å²) in [5, 5.41) is 11.1. The van der Waals surface area contributed by atoms with E-state index in [-0.39, 0.29) is 0 Å². The Morgan fingerprint density at radius 1 is 1.57 bits per heavy atom. The molecule has 2 rings (SSSR count). The number of halogens is 1. The number of nitrogens with one attached hydrogen (secondary N) is 1. The van der Waals surface area contributed by atoms with Gasteiger partial charge in [0, 0.05) is 7.05 Å². The fourth-order valence-electron chi connectivity index (χ4n) is 1.05. The van der Waals surface area contributed by atoms with Crippen LogP contribution in [-0.4, -0.2) is 15.0 Å². The zero-order valence-electron chi connectivity index (χ0n) is 7.57. The van der Waals surface area contributed by atoms with Gasteiger partial charge >= 0.3 is 0 Å². The van der Waals surface area contributed by atoms with Gasteiger partial charge in [0.05, 0.1) is 12.7 Å². The van der Waals surface area contributed by atoms with E-state index >= 15 is 0 Å². The van der Waals surface area contributed by atoms with E-state index in [0.29, 0.717) is 17.6 Å². The third-order valence-corrected chi connectivity index (χ3v) is 1.88. The first-order chi connectivity index (χ1) is 6.74. The summed E-state index contributed by atoms with van der Waals surface area (Å²) >= 11 is 5.62. The molecule has 14 heavy (non-hydrogen) atoms. The fourth-order valence-corrected chi connectivity index (χ4v) is 1.21. The summed E-state index contributed by atoms with van der Waals surface area (Å²) in [5.41, 5.74) is 0. The van der Waals surface area contributed by atoms with Gasteiger partial charge in [-0.05, 0) is 23.7 Å². The Morgan fingerprint density at radius 3 is 3.00 bits per heavy atom. The number of hydrogen-bond acceptors (Lipinski definition) is 4. The van der Waals surface area contributed by atoms with E-state index in [9.17, 15) is 0 Å². The first-order valence-corrected chi connectivity index (χ1v) is 4.46. The van der Waals surface area contributed by atoms with Crippen molar-refractivity contribution in [3.8, 4) is 0 Å². The topological polar surface area (TPSA) is 55.9 Å². The predicted molar refractivity (Wildman–Crippen MR) is 52.0 cm³/mol. The standard InChI is InChI=1S/C8H9ClN4O/c1-13-5-8(11-12-13)10-4-6-2-3-7(9)14-6/h2-3,5,10H,4H2,1H3. The van der Waals surface area contributed by atoms with Crippen molar-refractivity contribution in [3.63, 3.8) is 0 Å². The molecular weight excluding hydrogens is 204 g/mol. The van der Waals surface area contributed by atoms with E-state index < -0.39 is 0 Å². The van der Waals surface area contributed by atoms with Crippen molar-refractivity contribution in [1.82, 2.24) is 15.0 Å². The summed E-state index contributed by atoms with van der Waals surface area (Å²) < 4.78 is 6.78. The van der Waals surface area contributed by atoms with Crippen LogP contribution >= 0.6 is 11.6 Å². The zero-order valence-corrected chi connectivity index (χ0v) is 8.32. The molecule has 0 radical (unpaired) electrons. The number of rotatable bonds is 3. The Balaban J connectivity index is 1.94. The van der Waals surface area contributed by atoms with E-state index in [0.717, 1.165) is 5.76 Å². The van der Waals surface area contributed by atoms with Crippen molar-refractivity contribution in [1.29, 1.82) is 0 Å². The maximum Gasteiger partial charge on any atom is 0.193 e. The molecule has 0 spiro atoms. The molecule has 1 N–H and O–H groups in total. The molecule has 0 unspecified atom stereocenters. The molecule has 0 amide bonds. The molecule has 0 saturated heterocycles. The molecule has 2 aromatic rings. The second-order valence-corrected chi connectivity index (χ2v) is 3.21. The molecule has 2 heterocycles. The number of aromatic nitrogens is 3. The van der Waals surface area contributed by atoms with E-state index in [2.05, 4.69) is 15.6 Å². The third kappa shape index (κ3) is 2.05. The Morgan fingerprint density at radius 2 is 2.43 bits per heavy atom. The minimum Gasteiger partial charge on any atom is -0.448 e. The summed E-state index contributed by atoms with van der Waals surface area (Å²) in [5.74, 6) is 1.47. The van der Waals surface area contributed by atoms with Crippen LogP contribution in [0, 0.1) is 0 Å². The van der Waals surface area contributed by atoms with Gasteiger partial charge in [-0.1, -0.05) is 5.21 Å². The van der Waals surface area contributed by atoms with E-state index in [1.54, 1.807) is 16.9 Å². The molecule has 0 aliphatic rings. The molecule has 0 atom stereocenters. The highest BCUT2D eigenvalue weighted by molar-refractivity contribution is 6.28. The number of aryl methyl sites for hydroxylation is 1. The quantitative estimate of drug-likeness (QED) is 0.841. The molecule has 0 saturated carbocycles. The average molecular weight is 213 g/mol. The van der Waals surface area contributed by atoms with Crippen LogP contribution in [0.15, 0.2) is 22.7 Å². The Labute approximate surface area is 85.7 Å². The summed E-state index contributed by atoms with van der Waals surface area (Å²) in [6.07, 6.45) is 1.78. The van der Waals surface area contributed by atoms with E-state index in [1.165, 1.54) is 0 Å². The second-order valence-electron chi connectivity index (χ2n) is 2.84. The lowest BCUT2D eigenvalue weighted by Crippen LogP contribution is -1.97. The summed E-state index contributed by atoms with van der Waals surface area (Å²) in [7, 11) is 1.81. The van der Waals surface area contributed by atoms with Crippen LogP contribution in [0.4, 0.5) is 5.82 Å². The van der Waals surface area contributed by atoms with Crippen molar-refractivity contribution in [2.24, 2.45) is 7.05 Å². The fraction of sp³-hybridized carbons (Fsp3) is 0.250. The maximum atomic E-state index is 5.62. The monoisotopic (exact) mass is 212 g/mol. The van der Waals surface area contributed by atoms with Crippen molar-refractivity contribution in [2.45, 2.75) is 6.54 Å². The highest BCUT2D eigenvalue weighted by Crippen LogP contribution is 2.13. The minimum absolute atomic E-state index is 0.390. The minimum atomic E-state index is 0.390. The molecule has 2 aromatic heterocycles. The molecular formula is C8H9ClN4O. The first kappa shape index (κ1) is 9.08. The number of hydrogen-bond donors (Lipinski definition) is 1. The number of nitrogens with zero attached hydrogens (tertiary/aromatic N) is 3. The van der Waals surface area contributed by atoms with Crippen molar-refractivity contribution in [3.05, 3.63) is 29.3 Å². The second kappa shape index (κ2) is 3.71. The van der Waals surface area contributed by atoms with Crippen LogP contribution in [-0.2, 0) is 13.6 Å². The number of furan rings is 1. The zero-order chi connectivity index (χ0) is 9.97. The lowest BCUT2D eigenvalue weighted by atomic mass is 10.4. The average Bonchev–Trinajstić information content (AvgIpc) is 2.72. The molecule has 74 valence electrons. The lowest BCUT2D eigenvalue weighted by molar-refractivity contribution is 0.519. The Kier molecular flexibility index (Phi) is 2.41. The van der Waals surface area contributed by atoms with E-state index in [1.807, 2.05) is 13.1 Å². The van der Waals surface area contributed by atoms with Crippen LogP contribution in [0.2, 0.25) is 5.22 Å². The van der Waals surface area contributed by atoms with Crippen molar-refractivity contribution >= 4 is 17.4 Å².